The molecule has 5 aromatic carbocycles. The minimum Gasteiger partial charge on any atom is -0.463 e. The molecule has 6 nitrogen and oxygen atoms in total. The highest BCUT2D eigenvalue weighted by Gasteiger charge is 2.57. The Morgan fingerprint density at radius 2 is 1.08 bits per heavy atom. The van der Waals surface area contributed by atoms with Crippen molar-refractivity contribution >= 4 is 36.4 Å². The van der Waals surface area contributed by atoms with E-state index in [-0.39, 0.29) is 17.6 Å². The lowest BCUT2D eigenvalue weighted by molar-refractivity contribution is -0.234. The Balaban J connectivity index is 1.53. The molecule has 0 saturated carbocycles. The number of benzene rings is 5. The molecule has 0 bridgehead atoms. The van der Waals surface area contributed by atoms with Crippen molar-refractivity contribution in [2.75, 3.05) is 6.61 Å². The van der Waals surface area contributed by atoms with Crippen LogP contribution in [0.3, 0.4) is 0 Å². The zero-order valence-electron chi connectivity index (χ0n) is 30.3. The number of hydrogen-bond donors (Lipinski definition) is 0. The van der Waals surface area contributed by atoms with Crippen molar-refractivity contribution in [2.45, 2.75) is 80.7 Å². The third-order valence-corrected chi connectivity index (χ3v) is 15.5. The van der Waals surface area contributed by atoms with Crippen molar-refractivity contribution in [2.24, 2.45) is 0 Å². The van der Waals surface area contributed by atoms with Crippen molar-refractivity contribution in [3.8, 4) is 0 Å². The van der Waals surface area contributed by atoms with Gasteiger partial charge in [0.2, 0.25) is 0 Å². The highest BCUT2D eigenvalue weighted by Crippen LogP contribution is 2.43. The third kappa shape index (κ3) is 9.12. The normalized spacial score (nSPS) is 20.7. The molecule has 8 heteroatoms. The maximum atomic E-state index is 12.3. The highest BCUT2D eigenvalue weighted by molar-refractivity contribution is 7.99. The first-order valence-corrected chi connectivity index (χ1v) is 20.6. The summed E-state index contributed by atoms with van der Waals surface area (Å²) < 4.78 is 34.6. The van der Waals surface area contributed by atoms with Crippen LogP contribution < -0.4 is 10.4 Å². The van der Waals surface area contributed by atoms with Crippen LogP contribution in [0.5, 0.6) is 0 Å². The van der Waals surface area contributed by atoms with Crippen molar-refractivity contribution < 1.29 is 28.2 Å². The SMILES string of the molecule is CC(=O)OC[C@H]1O[C@H](Sc2ccccc2)[C@@H](OCc2ccccc2)[C@@H](O[Si](c2ccccc2)(c2ccccc2)C(C)(C)C)[C@@H]1OCc1ccccc1. The van der Waals surface area contributed by atoms with Crippen molar-refractivity contribution in [3.05, 3.63) is 163 Å². The molecule has 0 aromatic heterocycles. The van der Waals surface area contributed by atoms with Crippen LogP contribution in [0.4, 0.5) is 0 Å². The first kappa shape index (κ1) is 37.7. The summed E-state index contributed by atoms with van der Waals surface area (Å²) in [4.78, 5) is 13.3. The largest absolute Gasteiger partial charge is 0.463 e. The fraction of sp³-hybridized carbons (Fsp3) is 0.295. The molecule has 1 aliphatic heterocycles. The van der Waals surface area contributed by atoms with Gasteiger partial charge in [-0.1, -0.05) is 172 Å². The molecule has 0 spiro atoms. The highest BCUT2D eigenvalue weighted by atomic mass is 32.2. The van der Waals surface area contributed by atoms with Gasteiger partial charge in [0.1, 0.15) is 36.5 Å². The van der Waals surface area contributed by atoms with Gasteiger partial charge in [-0.25, -0.2) is 0 Å². The molecular weight excluding hydrogens is 685 g/mol. The second-order valence-corrected chi connectivity index (χ2v) is 19.5. The van der Waals surface area contributed by atoms with E-state index in [4.69, 9.17) is 23.4 Å². The minimum atomic E-state index is -3.17. The quantitative estimate of drug-likeness (QED) is 0.0844. The van der Waals surface area contributed by atoms with E-state index in [2.05, 4.69) is 93.6 Å². The van der Waals surface area contributed by atoms with Crippen LogP contribution in [0, 0.1) is 0 Å². The second-order valence-electron chi connectivity index (χ2n) is 14.0. The molecule has 0 radical (unpaired) electrons. The summed E-state index contributed by atoms with van der Waals surface area (Å²) in [5.74, 6) is -0.385. The zero-order valence-corrected chi connectivity index (χ0v) is 32.1. The van der Waals surface area contributed by atoms with Crippen LogP contribution in [0.15, 0.2) is 157 Å². The van der Waals surface area contributed by atoms with Gasteiger partial charge in [-0.2, -0.15) is 0 Å². The lowest BCUT2D eigenvalue weighted by Crippen LogP contribution is -2.72. The number of thioether (sulfide) groups is 1. The molecule has 0 amide bonds. The van der Waals surface area contributed by atoms with Gasteiger partial charge in [0, 0.05) is 11.8 Å². The first-order valence-electron chi connectivity index (χ1n) is 17.8. The molecule has 270 valence electrons. The molecule has 1 fully saturated rings. The van der Waals surface area contributed by atoms with Crippen LogP contribution in [0.1, 0.15) is 38.8 Å². The van der Waals surface area contributed by atoms with Crippen LogP contribution in [-0.4, -0.2) is 50.7 Å². The fourth-order valence-corrected chi connectivity index (χ4v) is 12.7. The predicted molar refractivity (Wildman–Crippen MR) is 210 cm³/mol. The van der Waals surface area contributed by atoms with Crippen LogP contribution >= 0.6 is 11.8 Å². The van der Waals surface area contributed by atoms with Gasteiger partial charge in [-0.15, -0.1) is 0 Å². The number of esters is 1. The molecule has 0 N–H and O–H groups in total. The average Bonchev–Trinajstić information content (AvgIpc) is 3.16. The van der Waals surface area contributed by atoms with E-state index >= 15 is 0 Å². The number of carbonyl (C=O) groups is 1. The Hall–Kier alpha value is -4.02. The van der Waals surface area contributed by atoms with E-state index in [1.54, 1.807) is 11.8 Å². The lowest BCUT2D eigenvalue weighted by Gasteiger charge is -2.52. The summed E-state index contributed by atoms with van der Waals surface area (Å²) in [6, 6.07) is 51.6. The van der Waals surface area contributed by atoms with E-state index in [1.807, 2.05) is 78.9 Å². The molecule has 1 aliphatic rings. The topological polar surface area (TPSA) is 63.2 Å². The number of rotatable bonds is 14. The Morgan fingerprint density at radius 1 is 0.635 bits per heavy atom. The van der Waals surface area contributed by atoms with Crippen molar-refractivity contribution in [1.29, 1.82) is 0 Å². The average molecular weight is 733 g/mol. The summed E-state index contributed by atoms with van der Waals surface area (Å²) in [7, 11) is -3.17. The summed E-state index contributed by atoms with van der Waals surface area (Å²) >= 11 is 1.58. The van der Waals surface area contributed by atoms with E-state index in [0.29, 0.717) is 13.2 Å². The van der Waals surface area contributed by atoms with Crippen LogP contribution in [-0.2, 0) is 41.4 Å². The Kier molecular flexibility index (Phi) is 12.8. The summed E-state index contributed by atoms with van der Waals surface area (Å²) in [6.07, 6.45) is -2.51. The number of ether oxygens (including phenoxy) is 4. The summed E-state index contributed by atoms with van der Waals surface area (Å²) in [5, 5.41) is 1.97. The molecule has 0 unspecified atom stereocenters. The summed E-state index contributed by atoms with van der Waals surface area (Å²) in [5.41, 5.74) is 1.53. The Morgan fingerprint density at radius 3 is 1.54 bits per heavy atom. The lowest BCUT2D eigenvalue weighted by atomic mass is 9.99. The molecule has 1 saturated heterocycles. The van der Waals surface area contributed by atoms with E-state index in [1.165, 1.54) is 6.92 Å². The van der Waals surface area contributed by atoms with Gasteiger partial charge in [-0.05, 0) is 38.7 Å². The molecule has 5 atom stereocenters. The van der Waals surface area contributed by atoms with Gasteiger partial charge < -0.3 is 23.4 Å². The van der Waals surface area contributed by atoms with Gasteiger partial charge in [0.05, 0.1) is 13.2 Å². The van der Waals surface area contributed by atoms with E-state index in [0.717, 1.165) is 26.4 Å². The Bertz CT molecular complexity index is 1770. The van der Waals surface area contributed by atoms with Crippen LogP contribution in [0.25, 0.3) is 0 Å². The Labute approximate surface area is 313 Å². The van der Waals surface area contributed by atoms with E-state index < -0.39 is 38.2 Å². The maximum absolute atomic E-state index is 12.3. The van der Waals surface area contributed by atoms with Gasteiger partial charge in [0.15, 0.2) is 0 Å². The monoisotopic (exact) mass is 732 g/mol. The molecule has 5 aromatic rings. The zero-order chi connectivity index (χ0) is 36.4. The first-order chi connectivity index (χ1) is 25.2. The summed E-state index contributed by atoms with van der Waals surface area (Å²) in [6.45, 7) is 8.89. The van der Waals surface area contributed by atoms with E-state index in [9.17, 15) is 4.79 Å². The predicted octanol–water partition coefficient (Wildman–Crippen LogP) is 8.18. The third-order valence-electron chi connectivity index (χ3n) is 9.34. The van der Waals surface area contributed by atoms with Crippen molar-refractivity contribution in [3.63, 3.8) is 0 Å². The van der Waals surface area contributed by atoms with Gasteiger partial charge in [-0.3, -0.25) is 4.79 Å². The molecule has 0 aliphatic carbocycles. The van der Waals surface area contributed by atoms with Crippen molar-refractivity contribution in [1.82, 2.24) is 0 Å². The number of hydrogen-bond acceptors (Lipinski definition) is 7. The molecule has 52 heavy (non-hydrogen) atoms. The molecular formula is C44H48O6SSi. The fourth-order valence-electron chi connectivity index (χ4n) is 6.88. The molecule has 1 heterocycles. The second kappa shape index (κ2) is 17.7. The number of carbonyl (C=O) groups excluding carboxylic acids is 1. The van der Waals surface area contributed by atoms with Gasteiger partial charge >= 0.3 is 5.97 Å². The van der Waals surface area contributed by atoms with Crippen LogP contribution in [0.2, 0.25) is 5.04 Å². The van der Waals surface area contributed by atoms with Gasteiger partial charge in [0.25, 0.3) is 8.32 Å². The smallest absolute Gasteiger partial charge is 0.302 e. The maximum Gasteiger partial charge on any atom is 0.302 e. The molecule has 6 rings (SSSR count). The minimum absolute atomic E-state index is 0.00660. The standard InChI is InChI=1S/C44H48O6SSi/c1-33(45)46-32-39-40(47-30-34-20-10-5-11-21-34)41(50-52(44(2,3)4,37-26-16-8-17-27-37)38-28-18-9-19-29-38)42(48-31-35-22-12-6-13-23-35)43(49-39)51-36-24-14-7-15-25-36/h5-29,39-43H,30-32H2,1-4H3/t39-,40-,41+,42+,43-/m1/s1.